The van der Waals surface area contributed by atoms with Gasteiger partial charge in [0.2, 0.25) is 10.0 Å². The van der Waals surface area contributed by atoms with Gasteiger partial charge >= 0.3 is 5.97 Å². The van der Waals surface area contributed by atoms with Gasteiger partial charge in [0.05, 0.1) is 17.1 Å². The zero-order chi connectivity index (χ0) is 15.2. The van der Waals surface area contributed by atoms with Gasteiger partial charge < -0.3 is 10.1 Å². The van der Waals surface area contributed by atoms with Crippen LogP contribution >= 0.6 is 28.3 Å². The molecule has 0 unspecified atom stereocenters. The second-order valence-electron chi connectivity index (χ2n) is 3.90. The van der Waals surface area contributed by atoms with E-state index in [1.807, 2.05) is 0 Å². The van der Waals surface area contributed by atoms with E-state index in [4.69, 9.17) is 4.74 Å². The van der Waals surface area contributed by atoms with Crippen LogP contribution in [-0.2, 0) is 14.8 Å². The van der Waals surface area contributed by atoms with Crippen LogP contribution < -0.4 is 10.0 Å². The summed E-state index contributed by atoms with van der Waals surface area (Å²) in [7, 11) is -1.93. The summed E-state index contributed by atoms with van der Waals surface area (Å²) in [5.41, 5.74) is 0.190. The molecule has 0 heterocycles. The van der Waals surface area contributed by atoms with Crippen molar-refractivity contribution in [3.05, 3.63) is 28.2 Å². The van der Waals surface area contributed by atoms with E-state index in [1.165, 1.54) is 18.2 Å². The summed E-state index contributed by atoms with van der Waals surface area (Å²) >= 11 is 3.19. The third-order valence-corrected chi connectivity index (χ3v) is 4.26. The van der Waals surface area contributed by atoms with Crippen LogP contribution in [0.1, 0.15) is 17.3 Å². The fourth-order valence-electron chi connectivity index (χ4n) is 1.44. The van der Waals surface area contributed by atoms with Crippen molar-refractivity contribution in [2.24, 2.45) is 0 Å². The van der Waals surface area contributed by atoms with Crippen LogP contribution in [0.3, 0.4) is 0 Å². The minimum atomic E-state index is -3.65. The number of carbonyl (C=O) groups is 1. The number of ether oxygens (including phenoxy) is 1. The Balaban J connectivity index is 0.00000400. The Morgan fingerprint density at radius 3 is 2.52 bits per heavy atom. The number of esters is 1. The number of benzene rings is 1. The third-order valence-electron chi connectivity index (χ3n) is 2.36. The van der Waals surface area contributed by atoms with E-state index in [9.17, 15) is 13.2 Å². The zero-order valence-electron chi connectivity index (χ0n) is 11.7. The molecule has 0 amide bonds. The molecule has 9 heteroatoms. The van der Waals surface area contributed by atoms with Crippen molar-refractivity contribution in [3.63, 3.8) is 0 Å². The Bertz CT molecular complexity index is 581. The highest BCUT2D eigenvalue weighted by molar-refractivity contribution is 9.10. The maximum absolute atomic E-state index is 12.1. The number of halogens is 2. The van der Waals surface area contributed by atoms with Crippen LogP contribution in [0.4, 0.5) is 0 Å². The number of sulfonamides is 1. The first-order valence-electron chi connectivity index (χ1n) is 6.02. The van der Waals surface area contributed by atoms with E-state index in [2.05, 4.69) is 26.0 Å². The summed E-state index contributed by atoms with van der Waals surface area (Å²) in [5, 5.41) is 2.84. The molecule has 0 aliphatic rings. The number of likely N-dealkylation sites (N-methyl/N-ethyl adjacent to an activating group) is 1. The summed E-state index contributed by atoms with van der Waals surface area (Å²) < 4.78 is 32.0. The number of hydrogen-bond donors (Lipinski definition) is 2. The van der Waals surface area contributed by atoms with Crippen LogP contribution in [0.25, 0.3) is 0 Å². The Labute approximate surface area is 139 Å². The molecule has 0 saturated carbocycles. The normalized spacial score (nSPS) is 10.8. The Morgan fingerprint density at radius 1 is 1.29 bits per heavy atom. The lowest BCUT2D eigenvalue weighted by atomic mass is 10.2. The maximum Gasteiger partial charge on any atom is 0.338 e. The van der Waals surface area contributed by atoms with Crippen molar-refractivity contribution in [2.45, 2.75) is 11.8 Å². The fraction of sp³-hybridized carbons (Fsp3) is 0.417. The molecule has 6 nitrogen and oxygen atoms in total. The van der Waals surface area contributed by atoms with E-state index >= 15 is 0 Å². The van der Waals surface area contributed by atoms with Crippen molar-refractivity contribution in [2.75, 3.05) is 26.7 Å². The molecule has 0 spiro atoms. The minimum absolute atomic E-state index is 0. The van der Waals surface area contributed by atoms with Gasteiger partial charge in [0, 0.05) is 17.6 Å². The fourth-order valence-corrected chi connectivity index (χ4v) is 3.19. The average molecular weight is 402 g/mol. The predicted molar refractivity (Wildman–Crippen MR) is 86.5 cm³/mol. The maximum atomic E-state index is 12.1. The van der Waals surface area contributed by atoms with Gasteiger partial charge in [-0.15, -0.1) is 12.4 Å². The third kappa shape index (κ3) is 6.31. The molecule has 1 aromatic rings. The molecule has 0 fully saturated rings. The molecule has 0 bridgehead atoms. The van der Waals surface area contributed by atoms with Gasteiger partial charge in [0.1, 0.15) is 0 Å². The molecule has 0 saturated heterocycles. The van der Waals surface area contributed by atoms with E-state index in [0.29, 0.717) is 11.0 Å². The quantitative estimate of drug-likeness (QED) is 0.535. The molecular weight excluding hydrogens is 384 g/mol. The summed E-state index contributed by atoms with van der Waals surface area (Å²) in [5.74, 6) is -0.555. The molecule has 0 aliphatic carbocycles. The van der Waals surface area contributed by atoms with Crippen molar-refractivity contribution in [3.8, 4) is 0 Å². The number of carbonyl (C=O) groups excluding carboxylic acids is 1. The van der Waals surface area contributed by atoms with E-state index in [-0.39, 0.29) is 36.0 Å². The topological polar surface area (TPSA) is 84.5 Å². The second kappa shape index (κ2) is 9.37. The van der Waals surface area contributed by atoms with Crippen LogP contribution in [0.2, 0.25) is 0 Å². The predicted octanol–water partition coefficient (Wildman–Crippen LogP) is 1.55. The standard InChI is InChI=1S/C12H17BrN2O4S.ClH/c1-3-19-12(16)9-6-10(13)8-11(7-9)20(17,18)15-5-4-14-2;/h6-8,14-15H,3-5H2,1-2H3;1H. The highest BCUT2D eigenvalue weighted by Gasteiger charge is 2.17. The first-order chi connectivity index (χ1) is 9.40. The SMILES string of the molecule is CCOC(=O)c1cc(Br)cc(S(=O)(=O)NCCNC)c1.Cl. The van der Waals surface area contributed by atoms with Gasteiger partial charge in [-0.1, -0.05) is 15.9 Å². The largest absolute Gasteiger partial charge is 0.462 e. The van der Waals surface area contributed by atoms with Crippen LogP contribution in [0.15, 0.2) is 27.6 Å². The van der Waals surface area contributed by atoms with Crippen LogP contribution in [0.5, 0.6) is 0 Å². The molecule has 120 valence electrons. The van der Waals surface area contributed by atoms with Gasteiger partial charge in [-0.3, -0.25) is 0 Å². The molecule has 0 atom stereocenters. The molecule has 21 heavy (non-hydrogen) atoms. The van der Waals surface area contributed by atoms with Crippen molar-refractivity contribution in [1.29, 1.82) is 0 Å². The Hall–Kier alpha value is -0.670. The van der Waals surface area contributed by atoms with Gasteiger partial charge in [-0.2, -0.15) is 0 Å². The second-order valence-corrected chi connectivity index (χ2v) is 6.58. The number of nitrogens with one attached hydrogen (secondary N) is 2. The molecule has 1 rings (SSSR count). The van der Waals surface area contributed by atoms with E-state index in [0.717, 1.165) is 0 Å². The molecular formula is C12H18BrClN2O4S. The van der Waals surface area contributed by atoms with E-state index in [1.54, 1.807) is 14.0 Å². The lowest BCUT2D eigenvalue weighted by Gasteiger charge is -2.09. The molecule has 1 aromatic carbocycles. The minimum Gasteiger partial charge on any atom is -0.462 e. The summed E-state index contributed by atoms with van der Waals surface area (Å²) in [6, 6.07) is 4.25. The summed E-state index contributed by atoms with van der Waals surface area (Å²) in [4.78, 5) is 11.7. The van der Waals surface area contributed by atoms with Crippen molar-refractivity contribution in [1.82, 2.24) is 10.0 Å². The first-order valence-corrected chi connectivity index (χ1v) is 8.30. The number of hydrogen-bond acceptors (Lipinski definition) is 5. The number of rotatable bonds is 7. The van der Waals surface area contributed by atoms with Gasteiger partial charge in [-0.05, 0) is 32.2 Å². The molecule has 0 aromatic heterocycles. The molecule has 2 N–H and O–H groups in total. The first kappa shape index (κ1) is 20.3. The summed E-state index contributed by atoms with van der Waals surface area (Å²) in [6.07, 6.45) is 0. The van der Waals surface area contributed by atoms with Crippen LogP contribution in [-0.4, -0.2) is 41.1 Å². The zero-order valence-corrected chi connectivity index (χ0v) is 14.9. The summed E-state index contributed by atoms with van der Waals surface area (Å²) in [6.45, 7) is 2.69. The monoisotopic (exact) mass is 400 g/mol. The van der Waals surface area contributed by atoms with Crippen molar-refractivity contribution >= 4 is 44.3 Å². The van der Waals surface area contributed by atoms with Gasteiger partial charge in [0.25, 0.3) is 0 Å². The molecule has 0 radical (unpaired) electrons. The average Bonchev–Trinajstić information content (AvgIpc) is 2.38. The van der Waals surface area contributed by atoms with Gasteiger partial charge in [0.15, 0.2) is 0 Å². The van der Waals surface area contributed by atoms with Crippen molar-refractivity contribution < 1.29 is 17.9 Å². The lowest BCUT2D eigenvalue weighted by Crippen LogP contribution is -2.30. The van der Waals surface area contributed by atoms with Gasteiger partial charge in [-0.25, -0.2) is 17.9 Å². The Kier molecular flexibility index (Phi) is 9.07. The molecule has 0 aliphatic heterocycles. The Morgan fingerprint density at radius 2 is 1.95 bits per heavy atom. The smallest absolute Gasteiger partial charge is 0.338 e. The van der Waals surface area contributed by atoms with Crippen LogP contribution in [0, 0.1) is 0 Å². The lowest BCUT2D eigenvalue weighted by molar-refractivity contribution is 0.0526. The van der Waals surface area contributed by atoms with E-state index < -0.39 is 16.0 Å². The highest BCUT2D eigenvalue weighted by Crippen LogP contribution is 2.20. The highest BCUT2D eigenvalue weighted by atomic mass is 79.9.